The molecule has 1 aromatic heterocycles. The summed E-state index contributed by atoms with van der Waals surface area (Å²) in [5, 5.41) is 5.38. The van der Waals surface area contributed by atoms with Gasteiger partial charge in [-0.3, -0.25) is 4.79 Å². The Hall–Kier alpha value is -2.05. The second-order valence-corrected chi connectivity index (χ2v) is 7.66. The molecule has 0 saturated carbocycles. The summed E-state index contributed by atoms with van der Waals surface area (Å²) in [6.07, 6.45) is 0.999. The van der Waals surface area contributed by atoms with E-state index in [1.807, 2.05) is 23.1 Å². The van der Waals surface area contributed by atoms with Gasteiger partial charge in [0.15, 0.2) is 11.5 Å². The third-order valence-electron chi connectivity index (χ3n) is 4.68. The van der Waals surface area contributed by atoms with Crippen LogP contribution < -0.4 is 14.8 Å². The molecule has 0 unspecified atom stereocenters. The van der Waals surface area contributed by atoms with E-state index in [-0.39, 0.29) is 12.7 Å². The van der Waals surface area contributed by atoms with Crippen LogP contribution in [-0.2, 0) is 17.9 Å². The van der Waals surface area contributed by atoms with Gasteiger partial charge in [-0.15, -0.1) is 11.3 Å². The summed E-state index contributed by atoms with van der Waals surface area (Å²) in [6.45, 7) is 8.08. The van der Waals surface area contributed by atoms with E-state index in [0.717, 1.165) is 23.5 Å². The number of aryl methyl sites for hydroxylation is 1. The molecule has 0 bridgehead atoms. The SMILES string of the molecule is CC[C@@H](C)NCC(=O)N(Cc1ccc2c(c1)OCO2)Cc1sccc1C. The van der Waals surface area contributed by atoms with Gasteiger partial charge in [0.25, 0.3) is 0 Å². The Balaban J connectivity index is 1.73. The maximum absolute atomic E-state index is 12.9. The highest BCUT2D eigenvalue weighted by Gasteiger charge is 2.19. The van der Waals surface area contributed by atoms with Crippen molar-refractivity contribution >= 4 is 17.2 Å². The van der Waals surface area contributed by atoms with Crippen LogP contribution in [0.3, 0.4) is 0 Å². The van der Waals surface area contributed by atoms with Crippen molar-refractivity contribution in [2.45, 2.75) is 46.3 Å². The molecule has 2 heterocycles. The second-order valence-electron chi connectivity index (χ2n) is 6.65. The Morgan fingerprint density at radius 1 is 1.27 bits per heavy atom. The Kier molecular flexibility index (Phi) is 6.16. The summed E-state index contributed by atoms with van der Waals surface area (Å²) >= 11 is 1.70. The number of rotatable bonds is 8. The molecule has 1 aromatic carbocycles. The zero-order chi connectivity index (χ0) is 18.5. The largest absolute Gasteiger partial charge is 0.454 e. The van der Waals surface area contributed by atoms with E-state index in [2.05, 4.69) is 37.5 Å². The molecule has 1 aliphatic heterocycles. The summed E-state index contributed by atoms with van der Waals surface area (Å²) in [4.78, 5) is 16.0. The first-order chi connectivity index (χ1) is 12.6. The minimum absolute atomic E-state index is 0.107. The van der Waals surface area contributed by atoms with E-state index in [4.69, 9.17) is 9.47 Å². The van der Waals surface area contributed by atoms with Crippen LogP contribution in [0.15, 0.2) is 29.6 Å². The predicted molar refractivity (Wildman–Crippen MR) is 104 cm³/mol. The fourth-order valence-corrected chi connectivity index (χ4v) is 3.67. The molecule has 5 nitrogen and oxygen atoms in total. The molecule has 0 radical (unpaired) electrons. The van der Waals surface area contributed by atoms with Crippen molar-refractivity contribution < 1.29 is 14.3 Å². The Morgan fingerprint density at radius 2 is 2.08 bits per heavy atom. The molecule has 1 N–H and O–H groups in total. The normalized spacial score (nSPS) is 13.7. The molecule has 1 amide bonds. The van der Waals surface area contributed by atoms with Crippen LogP contribution in [0.5, 0.6) is 11.5 Å². The van der Waals surface area contributed by atoms with Gasteiger partial charge in [-0.05, 0) is 55.0 Å². The molecule has 0 spiro atoms. The number of nitrogens with one attached hydrogen (secondary N) is 1. The van der Waals surface area contributed by atoms with Gasteiger partial charge in [0.1, 0.15) is 0 Å². The number of carbonyl (C=O) groups is 1. The number of nitrogens with zero attached hydrogens (tertiary/aromatic N) is 1. The highest BCUT2D eigenvalue weighted by Crippen LogP contribution is 2.33. The zero-order valence-electron chi connectivity index (χ0n) is 15.6. The van der Waals surface area contributed by atoms with Crippen molar-refractivity contribution in [3.8, 4) is 11.5 Å². The predicted octanol–water partition coefficient (Wildman–Crippen LogP) is 3.70. The summed E-state index contributed by atoms with van der Waals surface area (Å²) in [5.41, 5.74) is 2.27. The van der Waals surface area contributed by atoms with Gasteiger partial charge in [-0.1, -0.05) is 13.0 Å². The van der Waals surface area contributed by atoms with Gasteiger partial charge < -0.3 is 19.7 Å². The topological polar surface area (TPSA) is 50.8 Å². The van der Waals surface area contributed by atoms with Crippen LogP contribution in [0.1, 0.15) is 36.3 Å². The molecule has 0 fully saturated rings. The van der Waals surface area contributed by atoms with Crippen LogP contribution in [0, 0.1) is 6.92 Å². The van der Waals surface area contributed by atoms with Crippen LogP contribution in [0.4, 0.5) is 0 Å². The fraction of sp³-hybridized carbons (Fsp3) is 0.450. The number of benzene rings is 1. The third kappa shape index (κ3) is 4.56. The average Bonchev–Trinajstić information content (AvgIpc) is 3.27. The smallest absolute Gasteiger partial charge is 0.237 e. The van der Waals surface area contributed by atoms with Crippen molar-refractivity contribution in [2.75, 3.05) is 13.3 Å². The van der Waals surface area contributed by atoms with Gasteiger partial charge in [0.2, 0.25) is 12.7 Å². The van der Waals surface area contributed by atoms with Crippen LogP contribution >= 0.6 is 11.3 Å². The lowest BCUT2D eigenvalue weighted by Crippen LogP contribution is -2.40. The third-order valence-corrected chi connectivity index (χ3v) is 5.69. The lowest BCUT2D eigenvalue weighted by atomic mass is 10.1. The van der Waals surface area contributed by atoms with E-state index in [9.17, 15) is 4.79 Å². The van der Waals surface area contributed by atoms with Crippen LogP contribution in [0.2, 0.25) is 0 Å². The minimum atomic E-state index is 0.107. The summed E-state index contributed by atoms with van der Waals surface area (Å²) in [7, 11) is 0. The molecule has 1 atom stereocenters. The van der Waals surface area contributed by atoms with Gasteiger partial charge in [-0.25, -0.2) is 0 Å². The standard InChI is InChI=1S/C20H26N2O3S/c1-4-15(3)21-10-20(23)22(12-19-14(2)7-8-26-19)11-16-5-6-17-18(9-16)25-13-24-17/h5-9,15,21H,4,10-13H2,1-3H3/t15-/m1/s1. The number of carbonyl (C=O) groups excluding carboxylic acids is 1. The van der Waals surface area contributed by atoms with E-state index >= 15 is 0 Å². The minimum Gasteiger partial charge on any atom is -0.454 e. The van der Waals surface area contributed by atoms with Crippen molar-refractivity contribution in [1.29, 1.82) is 0 Å². The number of hydrogen-bond acceptors (Lipinski definition) is 5. The Bertz CT molecular complexity index is 759. The maximum atomic E-state index is 12.9. The highest BCUT2D eigenvalue weighted by molar-refractivity contribution is 7.10. The quantitative estimate of drug-likeness (QED) is 0.765. The number of ether oxygens (including phenoxy) is 2. The Labute approximate surface area is 158 Å². The number of fused-ring (bicyclic) bond motifs is 1. The highest BCUT2D eigenvalue weighted by atomic mass is 32.1. The summed E-state index contributed by atoms with van der Waals surface area (Å²) in [5.74, 6) is 1.62. The molecule has 2 aromatic rings. The maximum Gasteiger partial charge on any atom is 0.237 e. The summed E-state index contributed by atoms with van der Waals surface area (Å²) < 4.78 is 10.8. The molecule has 0 aliphatic carbocycles. The van der Waals surface area contributed by atoms with Crippen molar-refractivity contribution in [1.82, 2.24) is 10.2 Å². The first kappa shape index (κ1) is 18.7. The Morgan fingerprint density at radius 3 is 2.81 bits per heavy atom. The molecule has 1 aliphatic rings. The van der Waals surface area contributed by atoms with Crippen molar-refractivity contribution in [3.05, 3.63) is 45.6 Å². The first-order valence-corrected chi connectivity index (χ1v) is 9.87. The fourth-order valence-electron chi connectivity index (χ4n) is 2.75. The number of thiophene rings is 1. The number of hydrogen-bond donors (Lipinski definition) is 1. The van der Waals surface area contributed by atoms with Crippen molar-refractivity contribution in [3.63, 3.8) is 0 Å². The monoisotopic (exact) mass is 374 g/mol. The number of amides is 1. The van der Waals surface area contributed by atoms with Crippen LogP contribution in [0.25, 0.3) is 0 Å². The second kappa shape index (κ2) is 8.56. The lowest BCUT2D eigenvalue weighted by Gasteiger charge is -2.24. The molecular formula is C20H26N2O3S. The van der Waals surface area contributed by atoms with Gasteiger partial charge in [0.05, 0.1) is 13.1 Å². The molecule has 140 valence electrons. The molecule has 3 rings (SSSR count). The van der Waals surface area contributed by atoms with E-state index in [1.54, 1.807) is 11.3 Å². The van der Waals surface area contributed by atoms with Crippen molar-refractivity contribution in [2.24, 2.45) is 0 Å². The first-order valence-electron chi connectivity index (χ1n) is 8.99. The van der Waals surface area contributed by atoms with Gasteiger partial charge >= 0.3 is 0 Å². The van der Waals surface area contributed by atoms with Crippen LogP contribution in [-0.4, -0.2) is 30.2 Å². The lowest BCUT2D eigenvalue weighted by molar-refractivity contribution is -0.131. The zero-order valence-corrected chi connectivity index (χ0v) is 16.4. The van der Waals surface area contributed by atoms with Gasteiger partial charge in [0, 0.05) is 17.5 Å². The average molecular weight is 375 g/mol. The summed E-state index contributed by atoms with van der Waals surface area (Å²) in [6, 6.07) is 8.30. The van der Waals surface area contributed by atoms with E-state index < -0.39 is 0 Å². The van der Waals surface area contributed by atoms with E-state index in [1.165, 1.54) is 10.4 Å². The molecular weight excluding hydrogens is 348 g/mol. The molecule has 6 heteroatoms. The van der Waals surface area contributed by atoms with E-state index in [0.29, 0.717) is 25.7 Å². The molecule has 0 saturated heterocycles. The van der Waals surface area contributed by atoms with Gasteiger partial charge in [-0.2, -0.15) is 0 Å². The molecule has 26 heavy (non-hydrogen) atoms.